The molecule has 0 bridgehead atoms. The minimum Gasteiger partial charge on any atom is -0.493 e. The third-order valence-electron chi connectivity index (χ3n) is 2.89. The second kappa shape index (κ2) is 7.18. The first-order valence-electron chi connectivity index (χ1n) is 6.62. The first-order valence-corrected chi connectivity index (χ1v) is 7.00. The Labute approximate surface area is 128 Å². The molecule has 0 aliphatic heterocycles. The molecule has 5 heteroatoms. The van der Waals surface area contributed by atoms with Crippen LogP contribution in [0.25, 0.3) is 0 Å². The zero-order valence-corrected chi connectivity index (χ0v) is 12.7. The summed E-state index contributed by atoms with van der Waals surface area (Å²) >= 11 is 5.82. The van der Waals surface area contributed by atoms with Crippen molar-refractivity contribution in [1.29, 1.82) is 0 Å². The molecule has 0 saturated carbocycles. The predicted octanol–water partition coefficient (Wildman–Crippen LogP) is 4.50. The summed E-state index contributed by atoms with van der Waals surface area (Å²) in [5, 5.41) is 3.49. The lowest BCUT2D eigenvalue weighted by Crippen LogP contribution is -2.02. The van der Waals surface area contributed by atoms with Crippen molar-refractivity contribution in [1.82, 2.24) is 0 Å². The van der Waals surface area contributed by atoms with Gasteiger partial charge in [-0.15, -0.1) is 0 Å². The molecule has 0 saturated heterocycles. The van der Waals surface area contributed by atoms with Gasteiger partial charge in [-0.05, 0) is 42.8 Å². The fourth-order valence-electron chi connectivity index (χ4n) is 1.96. The molecule has 0 heterocycles. The van der Waals surface area contributed by atoms with Crippen LogP contribution in [0.3, 0.4) is 0 Å². The maximum atomic E-state index is 13.3. The van der Waals surface area contributed by atoms with E-state index in [2.05, 4.69) is 5.32 Å². The van der Waals surface area contributed by atoms with Crippen LogP contribution < -0.4 is 14.8 Å². The Hall–Kier alpha value is -1.94. The van der Waals surface area contributed by atoms with E-state index in [1.54, 1.807) is 13.2 Å². The maximum Gasteiger partial charge on any atom is 0.161 e. The fourth-order valence-corrected chi connectivity index (χ4v) is 2.18. The lowest BCUT2D eigenvalue weighted by Gasteiger charge is -2.12. The van der Waals surface area contributed by atoms with Crippen molar-refractivity contribution in [2.45, 2.75) is 13.5 Å². The van der Waals surface area contributed by atoms with Gasteiger partial charge in [0, 0.05) is 17.3 Å². The van der Waals surface area contributed by atoms with Gasteiger partial charge < -0.3 is 14.8 Å². The van der Waals surface area contributed by atoms with Crippen LogP contribution in [-0.4, -0.2) is 13.7 Å². The van der Waals surface area contributed by atoms with E-state index >= 15 is 0 Å². The lowest BCUT2D eigenvalue weighted by atomic mass is 10.2. The summed E-state index contributed by atoms with van der Waals surface area (Å²) in [4.78, 5) is 0. The Morgan fingerprint density at radius 3 is 2.62 bits per heavy atom. The second-order valence-electron chi connectivity index (χ2n) is 4.43. The first-order chi connectivity index (χ1) is 10.1. The monoisotopic (exact) mass is 309 g/mol. The van der Waals surface area contributed by atoms with Crippen molar-refractivity contribution in [3.63, 3.8) is 0 Å². The van der Waals surface area contributed by atoms with Crippen molar-refractivity contribution in [3.8, 4) is 11.5 Å². The van der Waals surface area contributed by atoms with Crippen LogP contribution in [0.1, 0.15) is 12.5 Å². The number of methoxy groups -OCH3 is 1. The number of hydrogen-bond acceptors (Lipinski definition) is 3. The predicted molar refractivity (Wildman–Crippen MR) is 82.9 cm³/mol. The Balaban J connectivity index is 2.10. The van der Waals surface area contributed by atoms with Crippen molar-refractivity contribution in [2.24, 2.45) is 0 Å². The number of rotatable bonds is 6. The third-order valence-corrected chi connectivity index (χ3v) is 3.11. The van der Waals surface area contributed by atoms with E-state index in [4.69, 9.17) is 21.1 Å². The molecular formula is C16H17ClFNO2. The molecule has 1 N–H and O–H groups in total. The minimum absolute atomic E-state index is 0.363. The molecule has 21 heavy (non-hydrogen) atoms. The van der Waals surface area contributed by atoms with Gasteiger partial charge in [0.25, 0.3) is 0 Å². The molecule has 0 radical (unpaired) electrons. The Kier molecular flexibility index (Phi) is 5.28. The van der Waals surface area contributed by atoms with Gasteiger partial charge in [0.05, 0.1) is 13.7 Å². The molecule has 3 nitrogen and oxygen atoms in total. The Morgan fingerprint density at radius 2 is 1.95 bits per heavy atom. The largest absolute Gasteiger partial charge is 0.493 e. The van der Waals surface area contributed by atoms with Crippen molar-refractivity contribution >= 4 is 17.3 Å². The number of benzene rings is 2. The molecule has 2 rings (SSSR count). The van der Waals surface area contributed by atoms with E-state index in [9.17, 15) is 4.39 Å². The zero-order chi connectivity index (χ0) is 15.2. The molecule has 0 spiro atoms. The summed E-state index contributed by atoms with van der Waals surface area (Å²) in [6.07, 6.45) is 0. The molecule has 112 valence electrons. The molecule has 0 aliphatic rings. The minimum atomic E-state index is -0.366. The highest BCUT2D eigenvalue weighted by molar-refractivity contribution is 6.30. The SMILES string of the molecule is CCOc1cc(CNc2cc(F)cc(Cl)c2)ccc1OC. The van der Waals surface area contributed by atoms with Gasteiger partial charge in [-0.3, -0.25) is 0 Å². The van der Waals surface area contributed by atoms with Crippen LogP contribution in [0, 0.1) is 5.82 Å². The average Bonchev–Trinajstić information content (AvgIpc) is 2.45. The number of halogens is 2. The van der Waals surface area contributed by atoms with Crippen LogP contribution in [-0.2, 0) is 6.54 Å². The van der Waals surface area contributed by atoms with E-state index in [-0.39, 0.29) is 5.82 Å². The number of ether oxygens (including phenoxy) is 2. The summed E-state index contributed by atoms with van der Waals surface area (Å²) in [7, 11) is 1.60. The Morgan fingerprint density at radius 1 is 1.14 bits per heavy atom. The van der Waals surface area contributed by atoms with Gasteiger partial charge in [-0.2, -0.15) is 0 Å². The van der Waals surface area contributed by atoms with Gasteiger partial charge in [-0.25, -0.2) is 4.39 Å². The number of nitrogens with one attached hydrogen (secondary N) is 1. The average molecular weight is 310 g/mol. The normalized spacial score (nSPS) is 10.3. The van der Waals surface area contributed by atoms with Crippen LogP contribution in [0.2, 0.25) is 5.02 Å². The summed E-state index contributed by atoms with van der Waals surface area (Å²) < 4.78 is 24.0. The van der Waals surface area contributed by atoms with Crippen LogP contribution in [0.5, 0.6) is 11.5 Å². The molecule has 2 aromatic carbocycles. The molecular weight excluding hydrogens is 293 g/mol. The summed E-state index contributed by atoms with van der Waals surface area (Å²) in [6, 6.07) is 10.0. The van der Waals surface area contributed by atoms with E-state index in [0.717, 1.165) is 5.56 Å². The van der Waals surface area contributed by atoms with E-state index < -0.39 is 0 Å². The van der Waals surface area contributed by atoms with E-state index in [1.165, 1.54) is 12.1 Å². The Bertz CT molecular complexity index is 599. The van der Waals surface area contributed by atoms with Crippen molar-refractivity contribution in [2.75, 3.05) is 19.0 Å². The first kappa shape index (κ1) is 15.4. The van der Waals surface area contributed by atoms with Crippen molar-refractivity contribution in [3.05, 3.63) is 52.8 Å². The number of anilines is 1. The summed E-state index contributed by atoms with van der Waals surface area (Å²) in [6.45, 7) is 3.01. The van der Waals surface area contributed by atoms with Gasteiger partial charge in [0.2, 0.25) is 0 Å². The highest BCUT2D eigenvalue weighted by atomic mass is 35.5. The molecule has 0 unspecified atom stereocenters. The number of hydrogen-bond donors (Lipinski definition) is 1. The maximum absolute atomic E-state index is 13.3. The topological polar surface area (TPSA) is 30.5 Å². The molecule has 0 aliphatic carbocycles. The highest BCUT2D eigenvalue weighted by Gasteiger charge is 2.06. The highest BCUT2D eigenvalue weighted by Crippen LogP contribution is 2.28. The molecule has 0 fully saturated rings. The summed E-state index contributed by atoms with van der Waals surface area (Å²) in [5.74, 6) is 1.01. The molecule has 2 aromatic rings. The van der Waals surface area contributed by atoms with Gasteiger partial charge in [0.15, 0.2) is 11.5 Å². The summed E-state index contributed by atoms with van der Waals surface area (Å²) in [5.41, 5.74) is 1.63. The van der Waals surface area contributed by atoms with Gasteiger partial charge in [-0.1, -0.05) is 17.7 Å². The molecule has 0 amide bonds. The molecule has 0 atom stereocenters. The third kappa shape index (κ3) is 4.26. The smallest absolute Gasteiger partial charge is 0.161 e. The van der Waals surface area contributed by atoms with Crippen molar-refractivity contribution < 1.29 is 13.9 Å². The van der Waals surface area contributed by atoms with Crippen LogP contribution in [0.15, 0.2) is 36.4 Å². The van der Waals surface area contributed by atoms with Gasteiger partial charge >= 0.3 is 0 Å². The quantitative estimate of drug-likeness (QED) is 0.852. The fraction of sp³-hybridized carbons (Fsp3) is 0.250. The van der Waals surface area contributed by atoms with E-state index in [0.29, 0.717) is 35.4 Å². The molecule has 0 aromatic heterocycles. The zero-order valence-electron chi connectivity index (χ0n) is 12.0. The lowest BCUT2D eigenvalue weighted by molar-refractivity contribution is 0.310. The van der Waals surface area contributed by atoms with Crippen LogP contribution in [0.4, 0.5) is 10.1 Å². The van der Waals surface area contributed by atoms with E-state index in [1.807, 2.05) is 25.1 Å². The van der Waals surface area contributed by atoms with Gasteiger partial charge in [0.1, 0.15) is 5.82 Å². The van der Waals surface area contributed by atoms with Crippen LogP contribution >= 0.6 is 11.6 Å². The second-order valence-corrected chi connectivity index (χ2v) is 4.87. The standard InChI is InChI=1S/C16H17ClFNO2/c1-3-21-16-6-11(4-5-15(16)20-2)10-19-14-8-12(17)7-13(18)9-14/h4-9,19H,3,10H2,1-2H3.